The third-order valence-electron chi connectivity index (χ3n) is 2.39. The number of hydrogen-bond acceptors (Lipinski definition) is 2. The summed E-state index contributed by atoms with van der Waals surface area (Å²) in [5.41, 5.74) is 6.23. The summed E-state index contributed by atoms with van der Waals surface area (Å²) >= 11 is 0. The molecule has 3 nitrogen and oxygen atoms in total. The summed E-state index contributed by atoms with van der Waals surface area (Å²) < 4.78 is 38.4. The Morgan fingerprint density at radius 3 is 2.73 bits per heavy atom. The molecule has 2 N–H and O–H groups in total. The SMILES string of the molecule is Cl.NC1CCn2c(cnc2C(F)(F)F)C1. The fraction of sp³-hybridized carbons (Fsp3) is 0.625. The Balaban J connectivity index is 0.00000112. The van der Waals surface area contributed by atoms with Crippen LogP contribution in [0.25, 0.3) is 0 Å². The molecule has 0 fully saturated rings. The van der Waals surface area contributed by atoms with Crippen molar-refractivity contribution in [2.24, 2.45) is 5.73 Å². The number of imidazole rings is 1. The monoisotopic (exact) mass is 241 g/mol. The van der Waals surface area contributed by atoms with Crippen LogP contribution in [0.1, 0.15) is 17.9 Å². The van der Waals surface area contributed by atoms with E-state index >= 15 is 0 Å². The lowest BCUT2D eigenvalue weighted by Gasteiger charge is -2.22. The van der Waals surface area contributed by atoms with E-state index in [-0.39, 0.29) is 18.4 Å². The van der Waals surface area contributed by atoms with E-state index in [2.05, 4.69) is 4.98 Å². The smallest absolute Gasteiger partial charge is 0.327 e. The Bertz CT molecular complexity index is 347. The Labute approximate surface area is 90.9 Å². The molecule has 0 amide bonds. The molecule has 0 spiro atoms. The lowest BCUT2D eigenvalue weighted by atomic mass is 10.1. The number of halogens is 4. The normalized spacial score (nSPS) is 20.7. The van der Waals surface area contributed by atoms with Gasteiger partial charge in [-0.15, -0.1) is 12.4 Å². The van der Waals surface area contributed by atoms with Gasteiger partial charge in [-0.25, -0.2) is 4.98 Å². The first kappa shape index (κ1) is 12.3. The summed E-state index contributed by atoms with van der Waals surface area (Å²) in [6.07, 6.45) is -2.04. The fourth-order valence-corrected chi connectivity index (χ4v) is 1.72. The molecule has 1 aromatic heterocycles. The number of fused-ring (bicyclic) bond motifs is 1. The van der Waals surface area contributed by atoms with Gasteiger partial charge in [0.2, 0.25) is 5.82 Å². The largest absolute Gasteiger partial charge is 0.449 e. The van der Waals surface area contributed by atoms with Gasteiger partial charge in [0.25, 0.3) is 0 Å². The molecule has 1 aromatic rings. The van der Waals surface area contributed by atoms with Crippen LogP contribution in [0.2, 0.25) is 0 Å². The Morgan fingerprint density at radius 1 is 1.47 bits per heavy atom. The van der Waals surface area contributed by atoms with Crippen LogP contribution in [0, 0.1) is 0 Å². The summed E-state index contributed by atoms with van der Waals surface area (Å²) in [4.78, 5) is 3.39. The van der Waals surface area contributed by atoms with Gasteiger partial charge in [0.1, 0.15) is 0 Å². The van der Waals surface area contributed by atoms with Crippen LogP contribution in [-0.4, -0.2) is 15.6 Å². The third kappa shape index (κ3) is 2.26. The molecule has 15 heavy (non-hydrogen) atoms. The van der Waals surface area contributed by atoms with Crippen molar-refractivity contribution in [3.05, 3.63) is 17.7 Å². The zero-order chi connectivity index (χ0) is 10.3. The summed E-state index contributed by atoms with van der Waals surface area (Å²) in [6, 6.07) is -0.0414. The predicted molar refractivity (Wildman–Crippen MR) is 50.8 cm³/mol. The first-order valence-corrected chi connectivity index (χ1v) is 4.35. The van der Waals surface area contributed by atoms with Gasteiger partial charge in [0.15, 0.2) is 0 Å². The molecule has 0 radical (unpaired) electrons. The summed E-state index contributed by atoms with van der Waals surface area (Å²) in [6.45, 7) is 0.311. The van der Waals surface area contributed by atoms with Crippen LogP contribution in [0.4, 0.5) is 13.2 Å². The van der Waals surface area contributed by atoms with Crippen LogP contribution in [0.5, 0.6) is 0 Å². The molecular formula is C8H11ClF3N3. The highest BCUT2D eigenvalue weighted by Crippen LogP contribution is 2.30. The maximum Gasteiger partial charge on any atom is 0.449 e. The van der Waals surface area contributed by atoms with Gasteiger partial charge < -0.3 is 10.3 Å². The third-order valence-corrected chi connectivity index (χ3v) is 2.39. The number of aromatic nitrogens is 2. The molecule has 0 aliphatic carbocycles. The van der Waals surface area contributed by atoms with Crippen molar-refractivity contribution in [1.29, 1.82) is 0 Å². The zero-order valence-corrected chi connectivity index (χ0v) is 8.61. The van der Waals surface area contributed by atoms with Gasteiger partial charge in [-0.05, 0) is 6.42 Å². The van der Waals surface area contributed by atoms with Gasteiger partial charge in [-0.2, -0.15) is 13.2 Å². The number of alkyl halides is 3. The zero-order valence-electron chi connectivity index (χ0n) is 7.79. The van der Waals surface area contributed by atoms with E-state index in [1.807, 2.05) is 0 Å². The molecule has 86 valence electrons. The molecule has 0 bridgehead atoms. The van der Waals surface area contributed by atoms with E-state index in [1.165, 1.54) is 10.8 Å². The minimum Gasteiger partial charge on any atom is -0.327 e. The Kier molecular flexibility index (Phi) is 3.30. The molecule has 1 aliphatic heterocycles. The highest BCUT2D eigenvalue weighted by atomic mass is 35.5. The van der Waals surface area contributed by atoms with Crippen molar-refractivity contribution in [3.63, 3.8) is 0 Å². The van der Waals surface area contributed by atoms with Gasteiger partial charge in [0.05, 0.1) is 0 Å². The van der Waals surface area contributed by atoms with Crippen molar-refractivity contribution >= 4 is 12.4 Å². The first-order valence-electron chi connectivity index (χ1n) is 4.35. The second kappa shape index (κ2) is 4.02. The van der Waals surface area contributed by atoms with Crippen molar-refractivity contribution in [3.8, 4) is 0 Å². The van der Waals surface area contributed by atoms with E-state index in [0.29, 0.717) is 25.1 Å². The van der Waals surface area contributed by atoms with E-state index in [9.17, 15) is 13.2 Å². The second-order valence-electron chi connectivity index (χ2n) is 3.48. The van der Waals surface area contributed by atoms with Crippen molar-refractivity contribution in [2.75, 3.05) is 0 Å². The maximum atomic E-state index is 12.4. The Hall–Kier alpha value is -0.750. The fourth-order valence-electron chi connectivity index (χ4n) is 1.72. The summed E-state index contributed by atoms with van der Waals surface area (Å²) in [5.74, 6) is -0.806. The minimum atomic E-state index is -4.36. The molecule has 1 atom stereocenters. The van der Waals surface area contributed by atoms with Gasteiger partial charge >= 0.3 is 6.18 Å². The van der Waals surface area contributed by atoms with E-state index in [1.54, 1.807) is 0 Å². The molecule has 1 unspecified atom stereocenters. The molecule has 0 saturated carbocycles. The van der Waals surface area contributed by atoms with Gasteiger partial charge in [-0.3, -0.25) is 0 Å². The topological polar surface area (TPSA) is 43.8 Å². The van der Waals surface area contributed by atoms with Crippen LogP contribution in [0.3, 0.4) is 0 Å². The lowest BCUT2D eigenvalue weighted by Crippen LogP contribution is -2.32. The summed E-state index contributed by atoms with van der Waals surface area (Å²) in [5, 5.41) is 0. The highest BCUT2D eigenvalue weighted by Gasteiger charge is 2.38. The minimum absolute atomic E-state index is 0. The molecule has 2 rings (SSSR count). The van der Waals surface area contributed by atoms with Gasteiger partial charge in [-0.1, -0.05) is 0 Å². The maximum absolute atomic E-state index is 12.4. The molecule has 7 heteroatoms. The van der Waals surface area contributed by atoms with Crippen LogP contribution in [0.15, 0.2) is 6.20 Å². The van der Waals surface area contributed by atoms with E-state index in [0.717, 1.165) is 0 Å². The molecule has 0 aromatic carbocycles. The predicted octanol–water partition coefficient (Wildman–Crippen LogP) is 1.60. The van der Waals surface area contributed by atoms with E-state index < -0.39 is 12.0 Å². The average molecular weight is 242 g/mol. The molecular weight excluding hydrogens is 231 g/mol. The highest BCUT2D eigenvalue weighted by molar-refractivity contribution is 5.85. The number of hydrogen-bond donors (Lipinski definition) is 1. The average Bonchev–Trinajstić information content (AvgIpc) is 2.45. The van der Waals surface area contributed by atoms with E-state index in [4.69, 9.17) is 5.73 Å². The van der Waals surface area contributed by atoms with Crippen molar-refractivity contribution in [2.45, 2.75) is 31.6 Å². The number of nitrogens with zero attached hydrogens (tertiary/aromatic N) is 2. The van der Waals surface area contributed by atoms with Crippen molar-refractivity contribution in [1.82, 2.24) is 9.55 Å². The van der Waals surface area contributed by atoms with Crippen molar-refractivity contribution < 1.29 is 13.2 Å². The molecule has 1 aliphatic rings. The summed E-state index contributed by atoms with van der Waals surface area (Å²) in [7, 11) is 0. The first-order chi connectivity index (χ1) is 6.48. The standard InChI is InChI=1S/C8H10F3N3.ClH/c9-8(10,11)7-13-4-6-3-5(12)1-2-14(6)7;/h4-5H,1-3,12H2;1H. The van der Waals surface area contributed by atoms with Crippen LogP contribution < -0.4 is 5.73 Å². The van der Waals surface area contributed by atoms with Crippen LogP contribution in [-0.2, 0) is 19.1 Å². The number of rotatable bonds is 0. The number of nitrogens with two attached hydrogens (primary N) is 1. The Morgan fingerprint density at radius 2 is 2.13 bits per heavy atom. The molecule has 2 heterocycles. The quantitative estimate of drug-likeness (QED) is 0.750. The van der Waals surface area contributed by atoms with Gasteiger partial charge in [0, 0.05) is 30.9 Å². The lowest BCUT2D eigenvalue weighted by molar-refractivity contribution is -0.147. The van der Waals surface area contributed by atoms with Crippen LogP contribution >= 0.6 is 12.4 Å². The second-order valence-corrected chi connectivity index (χ2v) is 3.48. The molecule has 0 saturated heterocycles.